The molecule has 6 heteroatoms. The largest absolute Gasteiger partial charge is 0.492 e. The third kappa shape index (κ3) is 3.83. The van der Waals surface area contributed by atoms with E-state index < -0.39 is 0 Å². The highest BCUT2D eigenvalue weighted by Gasteiger charge is 2.15. The maximum Gasteiger partial charge on any atom is 0.231 e. The Hall–Kier alpha value is -1.62. The normalized spacial score (nSPS) is 12.5. The molecule has 0 spiro atoms. The lowest BCUT2D eigenvalue weighted by molar-refractivity contribution is -0.686. The predicted molar refractivity (Wildman–Crippen MR) is 89.5 cm³/mol. The smallest absolute Gasteiger partial charge is 0.231 e. The maximum atomic E-state index is 6.22. The van der Waals surface area contributed by atoms with Crippen molar-refractivity contribution in [2.75, 3.05) is 13.4 Å². The molecule has 4 nitrogen and oxygen atoms in total. The summed E-state index contributed by atoms with van der Waals surface area (Å²) in [5.74, 6) is 2.31. The van der Waals surface area contributed by atoms with E-state index in [9.17, 15) is 0 Å². The highest BCUT2D eigenvalue weighted by Crippen LogP contribution is 2.33. The monoisotopic (exact) mass is 354 g/mol. The Bertz CT molecular complexity index is 706. The number of hydrogen-bond donors (Lipinski definition) is 1. The molecule has 0 aromatic heterocycles. The van der Waals surface area contributed by atoms with Crippen LogP contribution in [0.25, 0.3) is 0 Å². The van der Waals surface area contributed by atoms with Crippen molar-refractivity contribution in [1.29, 1.82) is 0 Å². The van der Waals surface area contributed by atoms with E-state index in [0.717, 1.165) is 30.2 Å². The van der Waals surface area contributed by atoms with Crippen molar-refractivity contribution >= 4 is 23.2 Å². The molecule has 3 rings (SSSR count). The van der Waals surface area contributed by atoms with E-state index in [1.165, 1.54) is 5.56 Å². The van der Waals surface area contributed by atoms with Crippen LogP contribution in [0.3, 0.4) is 0 Å². The van der Waals surface area contributed by atoms with E-state index >= 15 is 0 Å². The Kier molecular flexibility index (Phi) is 5.16. The fourth-order valence-corrected chi connectivity index (χ4v) is 3.12. The third-order valence-corrected chi connectivity index (χ3v) is 4.05. The molecule has 2 N–H and O–H groups in total. The Balaban J connectivity index is 1.66. The lowest BCUT2D eigenvalue weighted by Crippen LogP contribution is -2.80. The molecule has 2 aromatic carbocycles. The minimum Gasteiger partial charge on any atom is -0.492 e. The number of hydrogen-bond acceptors (Lipinski definition) is 3. The molecule has 122 valence electrons. The first-order chi connectivity index (χ1) is 11.2. The minimum atomic E-state index is 0.293. The quantitative estimate of drug-likeness (QED) is 0.864. The van der Waals surface area contributed by atoms with Crippen LogP contribution in [-0.2, 0) is 13.1 Å². The van der Waals surface area contributed by atoms with E-state index in [-0.39, 0.29) is 0 Å². The molecule has 2 aromatic rings. The molecule has 1 heterocycles. The second kappa shape index (κ2) is 7.30. The van der Waals surface area contributed by atoms with Crippen molar-refractivity contribution in [3.8, 4) is 17.2 Å². The van der Waals surface area contributed by atoms with Crippen LogP contribution < -0.4 is 19.5 Å². The van der Waals surface area contributed by atoms with Gasteiger partial charge in [-0.2, -0.15) is 0 Å². The second-order valence-corrected chi connectivity index (χ2v) is 6.04. The molecule has 0 amide bonds. The SMILES string of the molecule is CCOc1c(Cl)cc(Cl)cc1C[NH2+]Cc1ccc2c(c1)OCO2. The van der Waals surface area contributed by atoms with Crippen molar-refractivity contribution in [3.05, 3.63) is 51.5 Å². The van der Waals surface area contributed by atoms with Gasteiger partial charge in [-0.15, -0.1) is 0 Å². The number of benzene rings is 2. The molecular formula is C17H18Cl2NO3+. The Morgan fingerprint density at radius 2 is 1.91 bits per heavy atom. The van der Waals surface area contributed by atoms with Crippen LogP contribution in [0.4, 0.5) is 0 Å². The molecule has 1 aliphatic heterocycles. The van der Waals surface area contributed by atoms with Crippen molar-refractivity contribution < 1.29 is 19.5 Å². The average Bonchev–Trinajstić information content (AvgIpc) is 2.98. The summed E-state index contributed by atoms with van der Waals surface area (Å²) in [5, 5.41) is 3.33. The van der Waals surface area contributed by atoms with Crippen LogP contribution in [0.5, 0.6) is 17.2 Å². The standard InChI is InChI=1S/C17H17Cl2NO3/c1-2-21-17-12(6-13(18)7-14(17)19)9-20-8-11-3-4-15-16(5-11)23-10-22-15/h3-7,20H,2,8-10H2,1H3/p+1. The van der Waals surface area contributed by atoms with Crippen molar-refractivity contribution in [2.24, 2.45) is 0 Å². The molecule has 0 aliphatic carbocycles. The molecule has 0 saturated heterocycles. The van der Waals surface area contributed by atoms with Crippen LogP contribution in [0.15, 0.2) is 30.3 Å². The lowest BCUT2D eigenvalue weighted by Gasteiger charge is -2.12. The molecule has 0 unspecified atom stereocenters. The van der Waals surface area contributed by atoms with Gasteiger partial charge < -0.3 is 19.5 Å². The third-order valence-electron chi connectivity index (χ3n) is 3.56. The highest BCUT2D eigenvalue weighted by molar-refractivity contribution is 6.35. The topological polar surface area (TPSA) is 44.3 Å². The number of halogens is 2. The highest BCUT2D eigenvalue weighted by atomic mass is 35.5. The molecule has 0 atom stereocenters. The summed E-state index contributed by atoms with van der Waals surface area (Å²) in [6.07, 6.45) is 0. The Labute approximate surface area is 145 Å². The van der Waals surface area contributed by atoms with Crippen LogP contribution in [0, 0.1) is 0 Å². The van der Waals surface area contributed by atoms with Gasteiger partial charge in [-0.1, -0.05) is 23.2 Å². The molecule has 0 radical (unpaired) electrons. The van der Waals surface area contributed by atoms with E-state index in [2.05, 4.69) is 5.32 Å². The van der Waals surface area contributed by atoms with Gasteiger partial charge in [-0.05, 0) is 37.3 Å². The van der Waals surface area contributed by atoms with Crippen LogP contribution in [0.1, 0.15) is 18.1 Å². The zero-order valence-corrected chi connectivity index (χ0v) is 14.3. The van der Waals surface area contributed by atoms with Crippen LogP contribution in [-0.4, -0.2) is 13.4 Å². The summed E-state index contributed by atoms with van der Waals surface area (Å²) < 4.78 is 16.4. The van der Waals surface area contributed by atoms with Gasteiger partial charge in [0.2, 0.25) is 6.79 Å². The van der Waals surface area contributed by atoms with Gasteiger partial charge in [0.25, 0.3) is 0 Å². The number of nitrogens with two attached hydrogens (primary N) is 1. The first kappa shape index (κ1) is 16.2. The van der Waals surface area contributed by atoms with E-state index in [4.69, 9.17) is 37.4 Å². The van der Waals surface area contributed by atoms with E-state index in [0.29, 0.717) is 29.2 Å². The Morgan fingerprint density at radius 3 is 2.74 bits per heavy atom. The number of fused-ring (bicyclic) bond motifs is 1. The average molecular weight is 355 g/mol. The van der Waals surface area contributed by atoms with E-state index in [1.54, 1.807) is 6.07 Å². The molecule has 0 fully saturated rings. The lowest BCUT2D eigenvalue weighted by atomic mass is 10.1. The number of rotatable bonds is 6. The van der Waals surface area contributed by atoms with Crippen LogP contribution in [0.2, 0.25) is 10.0 Å². The second-order valence-electron chi connectivity index (χ2n) is 5.19. The summed E-state index contributed by atoms with van der Waals surface area (Å²) in [7, 11) is 0. The van der Waals surface area contributed by atoms with Gasteiger partial charge >= 0.3 is 0 Å². The number of quaternary nitrogens is 1. The molecule has 23 heavy (non-hydrogen) atoms. The van der Waals surface area contributed by atoms with Gasteiger partial charge in [-0.3, -0.25) is 0 Å². The van der Waals surface area contributed by atoms with Crippen molar-refractivity contribution in [3.63, 3.8) is 0 Å². The first-order valence-corrected chi connectivity index (χ1v) is 8.24. The summed E-state index contributed by atoms with van der Waals surface area (Å²) >= 11 is 12.3. The predicted octanol–water partition coefficient (Wildman–Crippen LogP) is 3.38. The summed E-state index contributed by atoms with van der Waals surface area (Å²) in [6, 6.07) is 9.59. The zero-order valence-electron chi connectivity index (χ0n) is 12.8. The Morgan fingerprint density at radius 1 is 1.09 bits per heavy atom. The molecule has 1 aliphatic rings. The van der Waals surface area contributed by atoms with Gasteiger partial charge in [0.15, 0.2) is 11.5 Å². The zero-order chi connectivity index (χ0) is 16.2. The van der Waals surface area contributed by atoms with Crippen LogP contribution >= 0.6 is 23.2 Å². The fourth-order valence-electron chi connectivity index (χ4n) is 2.53. The maximum absolute atomic E-state index is 6.22. The molecule has 0 saturated carbocycles. The molecular weight excluding hydrogens is 337 g/mol. The first-order valence-electron chi connectivity index (χ1n) is 7.48. The fraction of sp³-hybridized carbons (Fsp3) is 0.294. The van der Waals surface area contributed by atoms with E-state index in [1.807, 2.05) is 31.2 Å². The van der Waals surface area contributed by atoms with Gasteiger partial charge in [0.05, 0.1) is 17.2 Å². The minimum absolute atomic E-state index is 0.293. The van der Waals surface area contributed by atoms with Crippen molar-refractivity contribution in [2.45, 2.75) is 20.0 Å². The van der Waals surface area contributed by atoms with Gasteiger partial charge in [-0.25, -0.2) is 0 Å². The summed E-state index contributed by atoms with van der Waals surface area (Å²) in [4.78, 5) is 0. The summed E-state index contributed by atoms with van der Waals surface area (Å²) in [5.41, 5.74) is 2.16. The van der Waals surface area contributed by atoms with Gasteiger partial charge in [0.1, 0.15) is 18.8 Å². The van der Waals surface area contributed by atoms with Gasteiger partial charge in [0, 0.05) is 10.6 Å². The van der Waals surface area contributed by atoms with Crippen molar-refractivity contribution in [1.82, 2.24) is 0 Å². The number of ether oxygens (including phenoxy) is 3. The summed E-state index contributed by atoms with van der Waals surface area (Å²) in [6.45, 7) is 4.33. The molecule has 0 bridgehead atoms.